The summed E-state index contributed by atoms with van der Waals surface area (Å²) >= 11 is 0. The van der Waals surface area contributed by atoms with Gasteiger partial charge in [0.15, 0.2) is 0 Å². The van der Waals surface area contributed by atoms with E-state index in [1.54, 1.807) is 18.2 Å². The maximum Gasteiger partial charge on any atom is 0.416 e. The smallest absolute Gasteiger partial charge is 0.309 e. The van der Waals surface area contributed by atoms with Gasteiger partial charge in [0.2, 0.25) is 0 Å². The third kappa shape index (κ3) is 3.67. The third-order valence-electron chi connectivity index (χ3n) is 5.92. The van der Waals surface area contributed by atoms with Gasteiger partial charge in [-0.3, -0.25) is 4.90 Å². The van der Waals surface area contributed by atoms with E-state index >= 15 is 0 Å². The van der Waals surface area contributed by atoms with Crippen molar-refractivity contribution in [1.82, 2.24) is 10.2 Å². The van der Waals surface area contributed by atoms with Gasteiger partial charge in [-0.25, -0.2) is 4.39 Å². The third-order valence-corrected chi connectivity index (χ3v) is 5.92. The van der Waals surface area contributed by atoms with E-state index in [0.717, 1.165) is 36.3 Å². The van der Waals surface area contributed by atoms with Crippen molar-refractivity contribution in [3.8, 4) is 0 Å². The lowest BCUT2D eigenvalue weighted by Gasteiger charge is -2.42. The number of hydrogen-bond donors (Lipinski definition) is 1. The number of fused-ring (bicyclic) bond motifs is 1. The maximum absolute atomic E-state index is 13.4. The van der Waals surface area contributed by atoms with Crippen LogP contribution in [-0.4, -0.2) is 30.1 Å². The Kier molecular flexibility index (Phi) is 4.74. The molecule has 0 aromatic heterocycles. The molecule has 0 spiro atoms. The Bertz CT molecular complexity index is 858. The topological polar surface area (TPSA) is 15.3 Å². The summed E-state index contributed by atoms with van der Waals surface area (Å²) in [4.78, 5) is 2.29. The van der Waals surface area contributed by atoms with Crippen LogP contribution >= 0.6 is 0 Å². The fourth-order valence-corrected chi connectivity index (χ4v) is 4.64. The highest BCUT2D eigenvalue weighted by Gasteiger charge is 2.40. The molecule has 150 valence electrons. The van der Waals surface area contributed by atoms with E-state index in [-0.39, 0.29) is 23.3 Å². The largest absolute Gasteiger partial charge is 0.416 e. The first kappa shape index (κ1) is 19.4. The van der Waals surface area contributed by atoms with Gasteiger partial charge in [-0.15, -0.1) is 0 Å². The first-order valence-electron chi connectivity index (χ1n) is 9.60. The summed E-state index contributed by atoms with van der Waals surface area (Å²) in [6.45, 7) is 6.58. The lowest BCUT2D eigenvalue weighted by Crippen LogP contribution is -2.57. The summed E-state index contributed by atoms with van der Waals surface area (Å²) in [7, 11) is 0. The Morgan fingerprint density at radius 2 is 1.75 bits per heavy atom. The zero-order chi connectivity index (χ0) is 20.1. The van der Waals surface area contributed by atoms with E-state index in [9.17, 15) is 17.6 Å². The Labute approximate surface area is 162 Å². The normalized spacial score (nSPS) is 24.9. The van der Waals surface area contributed by atoms with Crippen LogP contribution in [0.2, 0.25) is 0 Å². The zero-order valence-corrected chi connectivity index (χ0v) is 16.0. The summed E-state index contributed by atoms with van der Waals surface area (Å²) in [5.41, 5.74) is 1.92. The van der Waals surface area contributed by atoms with Crippen LogP contribution in [0.3, 0.4) is 0 Å². The van der Waals surface area contributed by atoms with Crippen molar-refractivity contribution in [3.63, 3.8) is 0 Å². The SMILES string of the molecule is CC1(C)CN([C@H]2C[C@H](c3ccc(F)cc3)c3ccc(C(F)(F)F)cc32)CCN1. The van der Waals surface area contributed by atoms with Crippen molar-refractivity contribution in [3.05, 3.63) is 70.5 Å². The molecule has 0 amide bonds. The molecule has 0 radical (unpaired) electrons. The Morgan fingerprint density at radius 3 is 2.39 bits per heavy atom. The van der Waals surface area contributed by atoms with Crippen LogP contribution in [0.1, 0.15) is 54.5 Å². The quantitative estimate of drug-likeness (QED) is 0.715. The predicted octanol–water partition coefficient (Wildman–Crippen LogP) is 5.11. The molecule has 28 heavy (non-hydrogen) atoms. The molecule has 1 N–H and O–H groups in total. The van der Waals surface area contributed by atoms with E-state index < -0.39 is 11.7 Å². The number of benzene rings is 2. The average Bonchev–Trinajstić information content (AvgIpc) is 3.00. The lowest BCUT2D eigenvalue weighted by molar-refractivity contribution is -0.137. The zero-order valence-electron chi connectivity index (χ0n) is 16.0. The van der Waals surface area contributed by atoms with Crippen LogP contribution in [0.5, 0.6) is 0 Å². The molecule has 1 saturated heterocycles. The molecule has 2 atom stereocenters. The Hall–Kier alpha value is -1.92. The number of halogens is 4. The molecule has 2 aromatic carbocycles. The highest BCUT2D eigenvalue weighted by Crippen LogP contribution is 2.48. The van der Waals surface area contributed by atoms with Crippen molar-refractivity contribution in [1.29, 1.82) is 0 Å². The summed E-state index contributed by atoms with van der Waals surface area (Å²) in [6.07, 6.45) is -3.66. The van der Waals surface area contributed by atoms with Crippen LogP contribution < -0.4 is 5.32 Å². The molecule has 1 heterocycles. The summed E-state index contributed by atoms with van der Waals surface area (Å²) in [5.74, 6) is -0.337. The first-order valence-corrected chi connectivity index (χ1v) is 9.60. The van der Waals surface area contributed by atoms with Crippen molar-refractivity contribution in [2.75, 3.05) is 19.6 Å². The number of rotatable bonds is 2. The fourth-order valence-electron chi connectivity index (χ4n) is 4.64. The van der Waals surface area contributed by atoms with Gasteiger partial charge in [0, 0.05) is 37.1 Å². The Balaban J connectivity index is 1.75. The summed E-state index contributed by atoms with van der Waals surface area (Å²) < 4.78 is 53.4. The van der Waals surface area contributed by atoms with Gasteiger partial charge in [-0.05, 0) is 61.2 Å². The second kappa shape index (κ2) is 6.85. The van der Waals surface area contributed by atoms with E-state index in [0.29, 0.717) is 6.42 Å². The van der Waals surface area contributed by atoms with Gasteiger partial charge < -0.3 is 5.32 Å². The van der Waals surface area contributed by atoms with Gasteiger partial charge in [0.25, 0.3) is 0 Å². The van der Waals surface area contributed by atoms with Gasteiger partial charge in [0.05, 0.1) is 5.56 Å². The molecule has 2 nitrogen and oxygen atoms in total. The van der Waals surface area contributed by atoms with Crippen molar-refractivity contribution >= 4 is 0 Å². The fraction of sp³-hybridized carbons (Fsp3) is 0.455. The van der Waals surface area contributed by atoms with Crippen LogP contribution in [-0.2, 0) is 6.18 Å². The van der Waals surface area contributed by atoms with Crippen LogP contribution in [0.4, 0.5) is 17.6 Å². The minimum absolute atomic E-state index is 0.0270. The second-order valence-electron chi connectivity index (χ2n) is 8.48. The van der Waals surface area contributed by atoms with Crippen LogP contribution in [0.25, 0.3) is 0 Å². The number of piperazine rings is 1. The lowest BCUT2D eigenvalue weighted by atomic mass is 9.92. The monoisotopic (exact) mass is 392 g/mol. The highest BCUT2D eigenvalue weighted by atomic mass is 19.4. The molecule has 4 rings (SSSR count). The van der Waals surface area contributed by atoms with E-state index in [1.807, 2.05) is 0 Å². The van der Waals surface area contributed by atoms with Gasteiger partial charge >= 0.3 is 6.18 Å². The van der Waals surface area contributed by atoms with Gasteiger partial charge in [0.1, 0.15) is 5.82 Å². The first-order chi connectivity index (χ1) is 13.1. The van der Waals surface area contributed by atoms with Gasteiger partial charge in [-0.1, -0.05) is 18.2 Å². The molecular weight excluding hydrogens is 368 g/mol. The number of alkyl halides is 3. The van der Waals surface area contributed by atoms with Crippen molar-refractivity contribution in [2.24, 2.45) is 0 Å². The number of nitrogens with one attached hydrogen (secondary N) is 1. The minimum atomic E-state index is -4.36. The van der Waals surface area contributed by atoms with Crippen molar-refractivity contribution < 1.29 is 17.6 Å². The molecule has 1 fully saturated rings. The minimum Gasteiger partial charge on any atom is -0.309 e. The molecule has 0 unspecified atom stereocenters. The van der Waals surface area contributed by atoms with Crippen molar-refractivity contribution in [2.45, 2.75) is 43.9 Å². The molecule has 2 aromatic rings. The van der Waals surface area contributed by atoms with E-state index in [2.05, 4.69) is 24.1 Å². The average molecular weight is 392 g/mol. The molecule has 2 aliphatic rings. The molecule has 6 heteroatoms. The molecule has 1 aliphatic carbocycles. The molecule has 0 saturated carbocycles. The molecule has 0 bridgehead atoms. The highest BCUT2D eigenvalue weighted by molar-refractivity contribution is 5.47. The predicted molar refractivity (Wildman–Crippen MR) is 101 cm³/mol. The van der Waals surface area contributed by atoms with Crippen LogP contribution in [0, 0.1) is 5.82 Å². The Morgan fingerprint density at radius 1 is 1.04 bits per heavy atom. The molecular formula is C22H24F4N2. The number of nitrogens with zero attached hydrogens (tertiary/aromatic N) is 1. The summed E-state index contributed by atoms with van der Waals surface area (Å²) in [6, 6.07) is 10.3. The van der Waals surface area contributed by atoms with Crippen LogP contribution in [0.15, 0.2) is 42.5 Å². The second-order valence-corrected chi connectivity index (χ2v) is 8.48. The number of hydrogen-bond acceptors (Lipinski definition) is 2. The maximum atomic E-state index is 13.4. The molecule has 1 aliphatic heterocycles. The standard InChI is InChI=1S/C22H24F4N2/c1-21(2)13-28(10-9-27-21)20-12-18(14-3-6-16(23)7-4-14)17-8-5-15(11-19(17)20)22(24,25)26/h3-8,11,18,20,27H,9-10,12-13H2,1-2H3/t18-,20+/m1/s1. The van der Waals surface area contributed by atoms with Gasteiger partial charge in [-0.2, -0.15) is 13.2 Å². The van der Waals surface area contributed by atoms with E-state index in [1.165, 1.54) is 24.3 Å². The van der Waals surface area contributed by atoms with E-state index in [4.69, 9.17) is 0 Å². The summed E-state index contributed by atoms with van der Waals surface area (Å²) in [5, 5.41) is 3.46.